The van der Waals surface area contributed by atoms with Crippen LogP contribution >= 0.6 is 0 Å². The molecule has 0 saturated carbocycles. The number of nitrogens with one attached hydrogen (secondary N) is 1. The van der Waals surface area contributed by atoms with E-state index in [1.807, 2.05) is 47.7 Å². The fourth-order valence-corrected chi connectivity index (χ4v) is 3.65. The minimum atomic E-state index is -0.00370. The normalized spacial score (nSPS) is 14.7. The summed E-state index contributed by atoms with van der Waals surface area (Å²) in [6, 6.07) is 7.99. The fourth-order valence-electron chi connectivity index (χ4n) is 3.65. The zero-order chi connectivity index (χ0) is 21.5. The van der Waals surface area contributed by atoms with Gasteiger partial charge in [0.1, 0.15) is 0 Å². The largest absolute Gasteiger partial charge is 0.385 e. The highest BCUT2D eigenvalue weighted by Gasteiger charge is 2.26. The first-order valence-corrected chi connectivity index (χ1v) is 10.4. The van der Waals surface area contributed by atoms with Gasteiger partial charge in [-0.2, -0.15) is 5.10 Å². The summed E-state index contributed by atoms with van der Waals surface area (Å²) in [5, 5.41) is 7.36. The third kappa shape index (κ3) is 5.25. The van der Waals surface area contributed by atoms with Gasteiger partial charge in [-0.3, -0.25) is 14.5 Å². The lowest BCUT2D eigenvalue weighted by Gasteiger charge is -2.34. The highest BCUT2D eigenvalue weighted by molar-refractivity contribution is 5.95. The van der Waals surface area contributed by atoms with E-state index in [0.29, 0.717) is 51.4 Å². The van der Waals surface area contributed by atoms with Gasteiger partial charge in [-0.25, -0.2) is 4.68 Å². The number of para-hydroxylation sites is 1. The summed E-state index contributed by atoms with van der Waals surface area (Å²) in [7, 11) is 1.65. The topological polar surface area (TPSA) is 79.7 Å². The molecule has 162 valence electrons. The number of aromatic nitrogens is 2. The molecule has 2 amide bonds. The Balaban J connectivity index is 1.54. The molecule has 0 aliphatic carbocycles. The maximum atomic E-state index is 13.0. The van der Waals surface area contributed by atoms with E-state index >= 15 is 0 Å². The first-order chi connectivity index (χ1) is 14.5. The van der Waals surface area contributed by atoms with E-state index in [9.17, 15) is 9.59 Å². The van der Waals surface area contributed by atoms with E-state index in [2.05, 4.69) is 15.3 Å². The molecule has 3 rings (SSSR count). The van der Waals surface area contributed by atoms with Gasteiger partial charge in [0.25, 0.3) is 5.91 Å². The zero-order valence-electron chi connectivity index (χ0n) is 18.1. The Labute approximate surface area is 177 Å². The molecule has 1 saturated heterocycles. The summed E-state index contributed by atoms with van der Waals surface area (Å²) >= 11 is 0. The number of piperazine rings is 1. The minimum absolute atomic E-state index is 0.00370. The predicted octanol–water partition coefficient (Wildman–Crippen LogP) is 1.40. The van der Waals surface area contributed by atoms with Crippen LogP contribution in [0.4, 0.5) is 0 Å². The average Bonchev–Trinajstić information content (AvgIpc) is 3.13. The molecule has 8 heteroatoms. The van der Waals surface area contributed by atoms with Crippen LogP contribution in [-0.4, -0.2) is 84.4 Å². The number of methoxy groups -OCH3 is 1. The molecule has 1 N–H and O–H groups in total. The molecule has 0 radical (unpaired) electrons. The van der Waals surface area contributed by atoms with Crippen molar-refractivity contribution in [2.75, 3.05) is 53.0 Å². The van der Waals surface area contributed by atoms with Gasteiger partial charge in [-0.05, 0) is 31.9 Å². The Bertz CT molecular complexity index is 871. The molecule has 0 atom stereocenters. The Morgan fingerprint density at radius 3 is 2.57 bits per heavy atom. The number of carbonyl (C=O) groups excluding carboxylic acids is 2. The van der Waals surface area contributed by atoms with Crippen LogP contribution in [0, 0.1) is 13.8 Å². The van der Waals surface area contributed by atoms with Crippen molar-refractivity contribution < 1.29 is 14.3 Å². The molecular weight excluding hydrogens is 382 g/mol. The van der Waals surface area contributed by atoms with E-state index < -0.39 is 0 Å². The summed E-state index contributed by atoms with van der Waals surface area (Å²) in [5.74, 6) is 0.0113. The van der Waals surface area contributed by atoms with Crippen LogP contribution in [0.15, 0.2) is 30.5 Å². The molecule has 1 aromatic carbocycles. The lowest BCUT2D eigenvalue weighted by molar-refractivity contribution is -0.122. The number of nitrogens with zero attached hydrogens (tertiary/aromatic N) is 4. The molecule has 0 unspecified atom stereocenters. The lowest BCUT2D eigenvalue weighted by Crippen LogP contribution is -2.51. The maximum absolute atomic E-state index is 13.0. The first kappa shape index (κ1) is 22.0. The van der Waals surface area contributed by atoms with Crippen molar-refractivity contribution in [2.24, 2.45) is 0 Å². The van der Waals surface area contributed by atoms with Crippen molar-refractivity contribution >= 4 is 11.8 Å². The monoisotopic (exact) mass is 413 g/mol. The van der Waals surface area contributed by atoms with E-state index in [1.165, 1.54) is 0 Å². The fraction of sp³-hybridized carbons (Fsp3) is 0.500. The summed E-state index contributed by atoms with van der Waals surface area (Å²) in [5.41, 5.74) is 3.56. The van der Waals surface area contributed by atoms with Crippen LogP contribution < -0.4 is 5.32 Å². The number of hydrogen-bond donors (Lipinski definition) is 1. The Kier molecular flexibility index (Phi) is 7.59. The van der Waals surface area contributed by atoms with E-state index in [-0.39, 0.29) is 11.8 Å². The van der Waals surface area contributed by atoms with Gasteiger partial charge in [0.05, 0.1) is 29.7 Å². The highest BCUT2D eigenvalue weighted by Crippen LogP contribution is 2.19. The summed E-state index contributed by atoms with van der Waals surface area (Å²) in [6.07, 6.45) is 2.46. The number of amides is 2. The Hall–Kier alpha value is -2.71. The number of aryl methyl sites for hydroxylation is 1. The molecule has 8 nitrogen and oxygen atoms in total. The Morgan fingerprint density at radius 2 is 1.87 bits per heavy atom. The highest BCUT2D eigenvalue weighted by atomic mass is 16.5. The van der Waals surface area contributed by atoms with Gasteiger partial charge in [0.15, 0.2) is 0 Å². The van der Waals surface area contributed by atoms with Crippen molar-refractivity contribution in [1.29, 1.82) is 0 Å². The van der Waals surface area contributed by atoms with Crippen molar-refractivity contribution in [1.82, 2.24) is 24.9 Å². The minimum Gasteiger partial charge on any atom is -0.385 e. The van der Waals surface area contributed by atoms with E-state index in [4.69, 9.17) is 4.74 Å². The van der Waals surface area contributed by atoms with Crippen LogP contribution in [0.2, 0.25) is 0 Å². The van der Waals surface area contributed by atoms with Gasteiger partial charge < -0.3 is 15.0 Å². The van der Waals surface area contributed by atoms with Crippen molar-refractivity contribution in [2.45, 2.75) is 20.3 Å². The van der Waals surface area contributed by atoms with E-state index in [1.54, 1.807) is 13.3 Å². The van der Waals surface area contributed by atoms with E-state index in [0.717, 1.165) is 23.4 Å². The Morgan fingerprint density at radius 1 is 1.13 bits per heavy atom. The molecule has 1 aliphatic heterocycles. The van der Waals surface area contributed by atoms with Gasteiger partial charge in [0, 0.05) is 46.4 Å². The van der Waals surface area contributed by atoms with Gasteiger partial charge in [-0.1, -0.05) is 18.2 Å². The second-order valence-electron chi connectivity index (χ2n) is 7.61. The summed E-state index contributed by atoms with van der Waals surface area (Å²) < 4.78 is 6.81. The molecule has 0 spiro atoms. The quantitative estimate of drug-likeness (QED) is 0.662. The summed E-state index contributed by atoms with van der Waals surface area (Å²) in [4.78, 5) is 29.0. The predicted molar refractivity (Wildman–Crippen MR) is 115 cm³/mol. The molecule has 1 aliphatic rings. The number of rotatable bonds is 8. The van der Waals surface area contributed by atoms with Crippen molar-refractivity contribution in [3.05, 3.63) is 47.3 Å². The number of carbonyl (C=O) groups is 2. The van der Waals surface area contributed by atoms with Crippen LogP contribution in [0.5, 0.6) is 0 Å². The molecule has 30 heavy (non-hydrogen) atoms. The third-order valence-electron chi connectivity index (χ3n) is 5.46. The average molecular weight is 414 g/mol. The second-order valence-corrected chi connectivity index (χ2v) is 7.61. The van der Waals surface area contributed by atoms with Gasteiger partial charge >= 0.3 is 0 Å². The standard InChI is InChI=1S/C22H31N5O3/c1-17-7-4-5-8-20(17)27-18(2)19(15-24-27)22(29)26-12-10-25(11-13-26)16-21(28)23-9-6-14-30-3/h4-5,7-8,15H,6,9-14,16H2,1-3H3,(H,23,28). The number of hydrogen-bond acceptors (Lipinski definition) is 5. The third-order valence-corrected chi connectivity index (χ3v) is 5.46. The first-order valence-electron chi connectivity index (χ1n) is 10.4. The molecule has 1 aromatic heterocycles. The van der Waals surface area contributed by atoms with Crippen LogP contribution in [0.1, 0.15) is 28.0 Å². The molecule has 0 bridgehead atoms. The van der Waals surface area contributed by atoms with Gasteiger partial charge in [-0.15, -0.1) is 0 Å². The molecule has 2 heterocycles. The second kappa shape index (κ2) is 10.4. The molecule has 1 fully saturated rings. The summed E-state index contributed by atoms with van der Waals surface area (Å²) in [6.45, 7) is 8.15. The van der Waals surface area contributed by atoms with Crippen LogP contribution in [0.25, 0.3) is 5.69 Å². The zero-order valence-corrected chi connectivity index (χ0v) is 18.1. The molecule has 2 aromatic rings. The SMILES string of the molecule is COCCCNC(=O)CN1CCN(C(=O)c2cnn(-c3ccccc3C)c2C)CC1. The van der Waals surface area contributed by atoms with Crippen LogP contribution in [-0.2, 0) is 9.53 Å². The molecular formula is C22H31N5O3. The van der Waals surface area contributed by atoms with Crippen molar-refractivity contribution in [3.8, 4) is 5.69 Å². The van der Waals surface area contributed by atoms with Gasteiger partial charge in [0.2, 0.25) is 5.91 Å². The van der Waals surface area contributed by atoms with Crippen LogP contribution in [0.3, 0.4) is 0 Å². The lowest BCUT2D eigenvalue weighted by atomic mass is 10.1. The maximum Gasteiger partial charge on any atom is 0.257 e. The smallest absolute Gasteiger partial charge is 0.257 e. The number of ether oxygens (including phenoxy) is 1. The number of benzene rings is 1. The van der Waals surface area contributed by atoms with Crippen molar-refractivity contribution in [3.63, 3.8) is 0 Å².